The Morgan fingerprint density at radius 3 is 2.94 bits per heavy atom. The maximum atomic E-state index is 12.0. The van der Waals surface area contributed by atoms with E-state index in [2.05, 4.69) is 0 Å². The first-order chi connectivity index (χ1) is 8.60. The van der Waals surface area contributed by atoms with Gasteiger partial charge < -0.3 is 14.7 Å². The second kappa shape index (κ2) is 5.59. The lowest BCUT2D eigenvalue weighted by Crippen LogP contribution is -2.54. The molecular formula is C13H16ClNO3. The number of benzene rings is 1. The SMILES string of the molecule is CC(Oc1cccc(Cl)c1)C(=O)N1CC(CO)C1. The fraction of sp³-hybridized carbons (Fsp3) is 0.462. The number of carbonyl (C=O) groups excluding carboxylic acids is 1. The Kier molecular flexibility index (Phi) is 4.09. The quantitative estimate of drug-likeness (QED) is 0.902. The number of carbonyl (C=O) groups is 1. The second-order valence-corrected chi connectivity index (χ2v) is 4.95. The van der Waals surface area contributed by atoms with Crippen molar-refractivity contribution in [3.05, 3.63) is 29.3 Å². The van der Waals surface area contributed by atoms with Gasteiger partial charge in [-0.3, -0.25) is 4.79 Å². The van der Waals surface area contributed by atoms with E-state index in [-0.39, 0.29) is 18.4 Å². The highest BCUT2D eigenvalue weighted by molar-refractivity contribution is 6.30. The molecule has 1 aliphatic heterocycles. The van der Waals surface area contributed by atoms with Gasteiger partial charge >= 0.3 is 0 Å². The topological polar surface area (TPSA) is 49.8 Å². The molecule has 0 saturated carbocycles. The van der Waals surface area contributed by atoms with Crippen LogP contribution in [0.1, 0.15) is 6.92 Å². The third-order valence-electron chi connectivity index (χ3n) is 2.98. The third kappa shape index (κ3) is 2.94. The molecule has 1 unspecified atom stereocenters. The van der Waals surface area contributed by atoms with Crippen molar-refractivity contribution in [2.24, 2.45) is 5.92 Å². The fourth-order valence-electron chi connectivity index (χ4n) is 1.92. The van der Waals surface area contributed by atoms with Crippen LogP contribution in [0.2, 0.25) is 5.02 Å². The summed E-state index contributed by atoms with van der Waals surface area (Å²) in [5, 5.41) is 9.49. The summed E-state index contributed by atoms with van der Waals surface area (Å²) in [5.74, 6) is 0.745. The van der Waals surface area contributed by atoms with Crippen LogP contribution in [-0.4, -0.2) is 41.7 Å². The Balaban J connectivity index is 1.88. The molecule has 1 aromatic rings. The maximum absolute atomic E-state index is 12.0. The number of amides is 1. The van der Waals surface area contributed by atoms with Gasteiger partial charge in [-0.2, -0.15) is 0 Å². The molecular weight excluding hydrogens is 254 g/mol. The molecule has 1 heterocycles. The van der Waals surface area contributed by atoms with Crippen molar-refractivity contribution >= 4 is 17.5 Å². The van der Waals surface area contributed by atoms with E-state index in [1.807, 2.05) is 0 Å². The molecule has 1 aliphatic rings. The largest absolute Gasteiger partial charge is 0.481 e. The lowest BCUT2D eigenvalue weighted by Gasteiger charge is -2.39. The molecule has 4 nitrogen and oxygen atoms in total. The Labute approximate surface area is 111 Å². The molecule has 1 N–H and O–H groups in total. The van der Waals surface area contributed by atoms with E-state index in [9.17, 15) is 4.79 Å². The van der Waals surface area contributed by atoms with E-state index in [0.717, 1.165) is 0 Å². The van der Waals surface area contributed by atoms with Crippen LogP contribution in [0.3, 0.4) is 0 Å². The molecule has 2 rings (SSSR count). The number of ether oxygens (including phenoxy) is 1. The fourth-order valence-corrected chi connectivity index (χ4v) is 2.10. The van der Waals surface area contributed by atoms with Gasteiger partial charge in [0.15, 0.2) is 6.10 Å². The van der Waals surface area contributed by atoms with Gasteiger partial charge in [-0.1, -0.05) is 17.7 Å². The van der Waals surface area contributed by atoms with E-state index in [1.165, 1.54) is 0 Å². The molecule has 1 amide bonds. The molecule has 0 aromatic heterocycles. The average Bonchev–Trinajstić information content (AvgIpc) is 2.27. The van der Waals surface area contributed by atoms with Gasteiger partial charge in [-0.05, 0) is 25.1 Å². The minimum atomic E-state index is -0.539. The molecule has 1 aromatic carbocycles. The molecule has 1 fully saturated rings. The number of aliphatic hydroxyl groups excluding tert-OH is 1. The summed E-state index contributed by atoms with van der Waals surface area (Å²) in [5.41, 5.74) is 0. The Morgan fingerprint density at radius 2 is 2.33 bits per heavy atom. The number of halogens is 1. The van der Waals surface area contributed by atoms with Crippen LogP contribution < -0.4 is 4.74 Å². The molecule has 5 heteroatoms. The van der Waals surface area contributed by atoms with E-state index in [0.29, 0.717) is 23.9 Å². The van der Waals surface area contributed by atoms with Crippen molar-refractivity contribution in [3.8, 4) is 5.75 Å². The Morgan fingerprint density at radius 1 is 1.61 bits per heavy atom. The van der Waals surface area contributed by atoms with E-state index < -0.39 is 6.10 Å². The summed E-state index contributed by atoms with van der Waals surface area (Å²) in [6, 6.07) is 6.97. The normalized spacial score (nSPS) is 17.2. The van der Waals surface area contributed by atoms with Crippen molar-refractivity contribution in [1.29, 1.82) is 0 Å². The Bertz CT molecular complexity index is 432. The van der Waals surface area contributed by atoms with Gasteiger partial charge in [0.05, 0.1) is 0 Å². The van der Waals surface area contributed by atoms with Gasteiger partial charge in [-0.25, -0.2) is 0 Å². The number of rotatable bonds is 4. The van der Waals surface area contributed by atoms with Crippen molar-refractivity contribution in [2.45, 2.75) is 13.0 Å². The number of aliphatic hydroxyl groups is 1. The van der Waals surface area contributed by atoms with E-state index >= 15 is 0 Å². The predicted octanol–water partition coefficient (Wildman–Crippen LogP) is 1.56. The van der Waals surface area contributed by atoms with Gasteiger partial charge in [-0.15, -0.1) is 0 Å². The highest BCUT2D eigenvalue weighted by atomic mass is 35.5. The van der Waals surface area contributed by atoms with Crippen LogP contribution in [0, 0.1) is 5.92 Å². The highest BCUT2D eigenvalue weighted by Gasteiger charge is 2.33. The molecule has 1 atom stereocenters. The third-order valence-corrected chi connectivity index (χ3v) is 3.22. The van der Waals surface area contributed by atoms with Crippen LogP contribution in [0.15, 0.2) is 24.3 Å². The molecule has 0 bridgehead atoms. The zero-order valence-electron chi connectivity index (χ0n) is 10.2. The minimum Gasteiger partial charge on any atom is -0.481 e. The maximum Gasteiger partial charge on any atom is 0.263 e. The number of likely N-dealkylation sites (tertiary alicyclic amines) is 1. The first-order valence-corrected chi connectivity index (χ1v) is 6.30. The van der Waals surface area contributed by atoms with Crippen LogP contribution >= 0.6 is 11.6 Å². The summed E-state index contributed by atoms with van der Waals surface area (Å²) in [6.45, 7) is 3.07. The molecule has 0 aliphatic carbocycles. The summed E-state index contributed by atoms with van der Waals surface area (Å²) >= 11 is 5.84. The standard InChI is InChI=1S/C13H16ClNO3/c1-9(13(17)15-6-10(7-15)8-16)18-12-4-2-3-11(14)5-12/h2-5,9-10,16H,6-8H2,1H3. The number of nitrogens with zero attached hydrogens (tertiary/aromatic N) is 1. The monoisotopic (exact) mass is 269 g/mol. The van der Waals surface area contributed by atoms with Crippen LogP contribution in [0.5, 0.6) is 5.75 Å². The minimum absolute atomic E-state index is 0.0559. The van der Waals surface area contributed by atoms with Gasteiger partial charge in [0.2, 0.25) is 0 Å². The average molecular weight is 270 g/mol. The number of hydrogen-bond acceptors (Lipinski definition) is 3. The molecule has 18 heavy (non-hydrogen) atoms. The van der Waals surface area contributed by atoms with Gasteiger partial charge in [0, 0.05) is 30.6 Å². The van der Waals surface area contributed by atoms with Crippen LogP contribution in [0.4, 0.5) is 0 Å². The highest BCUT2D eigenvalue weighted by Crippen LogP contribution is 2.21. The van der Waals surface area contributed by atoms with Gasteiger partial charge in [0.1, 0.15) is 5.75 Å². The Hall–Kier alpha value is -1.26. The summed E-state index contributed by atoms with van der Waals surface area (Å²) < 4.78 is 5.54. The first-order valence-electron chi connectivity index (χ1n) is 5.92. The zero-order valence-corrected chi connectivity index (χ0v) is 10.9. The molecule has 0 spiro atoms. The van der Waals surface area contributed by atoms with E-state index in [1.54, 1.807) is 36.1 Å². The lowest BCUT2D eigenvalue weighted by molar-refractivity contribution is -0.145. The van der Waals surface area contributed by atoms with Crippen molar-refractivity contribution in [2.75, 3.05) is 19.7 Å². The number of hydrogen-bond donors (Lipinski definition) is 1. The zero-order chi connectivity index (χ0) is 13.1. The summed E-state index contributed by atoms with van der Waals surface area (Å²) in [6.07, 6.45) is -0.539. The molecule has 98 valence electrons. The summed E-state index contributed by atoms with van der Waals surface area (Å²) in [7, 11) is 0. The molecule has 1 saturated heterocycles. The van der Waals surface area contributed by atoms with Crippen molar-refractivity contribution in [3.63, 3.8) is 0 Å². The predicted molar refractivity (Wildman–Crippen MR) is 68.7 cm³/mol. The summed E-state index contributed by atoms with van der Waals surface area (Å²) in [4.78, 5) is 13.7. The van der Waals surface area contributed by atoms with Crippen LogP contribution in [-0.2, 0) is 4.79 Å². The van der Waals surface area contributed by atoms with E-state index in [4.69, 9.17) is 21.4 Å². The first kappa shape index (κ1) is 13.2. The van der Waals surface area contributed by atoms with Crippen LogP contribution in [0.25, 0.3) is 0 Å². The van der Waals surface area contributed by atoms with Crippen molar-refractivity contribution in [1.82, 2.24) is 4.90 Å². The smallest absolute Gasteiger partial charge is 0.263 e. The second-order valence-electron chi connectivity index (χ2n) is 4.51. The molecule has 0 radical (unpaired) electrons. The van der Waals surface area contributed by atoms with Crippen molar-refractivity contribution < 1.29 is 14.6 Å². The van der Waals surface area contributed by atoms with Gasteiger partial charge in [0.25, 0.3) is 5.91 Å². The lowest BCUT2D eigenvalue weighted by atomic mass is 10.0.